The minimum atomic E-state index is -1.05. The molecular formula is C25H27FN4O2. The normalized spacial score (nSPS) is 14.7. The number of hydrogen-bond donors (Lipinski definition) is 2. The van der Waals surface area contributed by atoms with Crippen LogP contribution in [0.5, 0.6) is 0 Å². The van der Waals surface area contributed by atoms with Gasteiger partial charge in [0.2, 0.25) is 5.91 Å². The van der Waals surface area contributed by atoms with E-state index in [1.807, 2.05) is 42.7 Å². The van der Waals surface area contributed by atoms with Crippen LogP contribution in [-0.2, 0) is 11.3 Å². The van der Waals surface area contributed by atoms with Crippen LogP contribution < -0.4 is 5.32 Å². The lowest BCUT2D eigenvalue weighted by Crippen LogP contribution is -2.36. The summed E-state index contributed by atoms with van der Waals surface area (Å²) in [6.07, 6.45) is 4.02. The van der Waals surface area contributed by atoms with Crippen LogP contribution in [-0.4, -0.2) is 31.1 Å². The first-order valence-corrected chi connectivity index (χ1v) is 10.7. The molecule has 1 aliphatic heterocycles. The predicted molar refractivity (Wildman–Crippen MR) is 123 cm³/mol. The first kappa shape index (κ1) is 21.8. The second-order valence-corrected chi connectivity index (χ2v) is 8.44. The van der Waals surface area contributed by atoms with E-state index in [1.165, 1.54) is 12.1 Å². The summed E-state index contributed by atoms with van der Waals surface area (Å²) in [6, 6.07) is 14.2. The maximum absolute atomic E-state index is 13.5. The Labute approximate surface area is 187 Å². The average Bonchev–Trinajstić information content (AvgIpc) is 3.13. The van der Waals surface area contributed by atoms with Gasteiger partial charge in [0.1, 0.15) is 23.2 Å². The van der Waals surface area contributed by atoms with E-state index >= 15 is 0 Å². The summed E-state index contributed by atoms with van der Waals surface area (Å²) in [5.41, 5.74) is 2.44. The fourth-order valence-electron chi connectivity index (χ4n) is 3.53. The number of aromatic nitrogens is 2. The van der Waals surface area contributed by atoms with Crippen molar-refractivity contribution < 1.29 is 14.3 Å². The number of aryl methyl sites for hydroxylation is 1. The van der Waals surface area contributed by atoms with Gasteiger partial charge in [0.25, 0.3) is 0 Å². The summed E-state index contributed by atoms with van der Waals surface area (Å²) in [7, 11) is 0. The SMILES string of the molecule is CCC(C)(O)CC(=O)N1C=Cn2c(nc(-c3ccc(F)cc3)c2Nc2ccc(C)cc2)C1. The zero-order valence-electron chi connectivity index (χ0n) is 18.5. The largest absolute Gasteiger partial charge is 0.390 e. The van der Waals surface area contributed by atoms with Crippen molar-refractivity contribution in [2.75, 3.05) is 5.32 Å². The molecule has 0 saturated heterocycles. The zero-order valence-corrected chi connectivity index (χ0v) is 18.5. The van der Waals surface area contributed by atoms with Gasteiger partial charge >= 0.3 is 0 Å². The molecule has 1 aliphatic rings. The van der Waals surface area contributed by atoms with Crippen molar-refractivity contribution in [1.29, 1.82) is 0 Å². The Kier molecular flexibility index (Phi) is 5.84. The number of carbonyl (C=O) groups is 1. The van der Waals surface area contributed by atoms with Gasteiger partial charge in [0.15, 0.2) is 0 Å². The van der Waals surface area contributed by atoms with Crippen molar-refractivity contribution in [3.63, 3.8) is 0 Å². The highest BCUT2D eigenvalue weighted by atomic mass is 19.1. The molecule has 0 saturated carbocycles. The third-order valence-corrected chi connectivity index (χ3v) is 5.74. The maximum Gasteiger partial charge on any atom is 0.229 e. The number of fused-ring (bicyclic) bond motifs is 1. The molecule has 0 bridgehead atoms. The third kappa shape index (κ3) is 4.57. The number of nitrogens with zero attached hydrogens (tertiary/aromatic N) is 3. The van der Waals surface area contributed by atoms with Gasteiger partial charge in [-0.15, -0.1) is 0 Å². The monoisotopic (exact) mass is 434 g/mol. The second kappa shape index (κ2) is 8.59. The molecule has 1 unspecified atom stereocenters. The number of amides is 1. The number of rotatable bonds is 6. The van der Waals surface area contributed by atoms with Crippen LogP contribution in [0, 0.1) is 12.7 Å². The number of nitrogens with one attached hydrogen (secondary N) is 1. The van der Waals surface area contributed by atoms with Crippen LogP contribution in [0.4, 0.5) is 15.9 Å². The third-order valence-electron chi connectivity index (χ3n) is 5.74. The highest BCUT2D eigenvalue weighted by molar-refractivity contribution is 5.81. The highest BCUT2D eigenvalue weighted by Crippen LogP contribution is 2.34. The van der Waals surface area contributed by atoms with Crippen LogP contribution >= 0.6 is 0 Å². The predicted octanol–water partition coefficient (Wildman–Crippen LogP) is 5.06. The average molecular weight is 435 g/mol. The van der Waals surface area contributed by atoms with E-state index < -0.39 is 5.60 Å². The minimum absolute atomic E-state index is 0.0356. The summed E-state index contributed by atoms with van der Waals surface area (Å²) < 4.78 is 15.4. The summed E-state index contributed by atoms with van der Waals surface area (Å²) in [6.45, 7) is 5.82. The molecule has 2 N–H and O–H groups in total. The quantitative estimate of drug-likeness (QED) is 0.569. The minimum Gasteiger partial charge on any atom is -0.390 e. The van der Waals surface area contributed by atoms with Gasteiger partial charge in [0, 0.05) is 23.7 Å². The molecule has 166 valence electrons. The van der Waals surface area contributed by atoms with Crippen molar-refractivity contribution in [2.24, 2.45) is 0 Å². The van der Waals surface area contributed by atoms with E-state index in [4.69, 9.17) is 4.98 Å². The Hall–Kier alpha value is -3.45. The van der Waals surface area contributed by atoms with Gasteiger partial charge in [-0.2, -0.15) is 0 Å². The van der Waals surface area contributed by atoms with Gasteiger partial charge in [-0.1, -0.05) is 24.6 Å². The fraction of sp³-hybridized carbons (Fsp3) is 0.280. The van der Waals surface area contributed by atoms with Gasteiger partial charge in [-0.3, -0.25) is 9.36 Å². The summed E-state index contributed by atoms with van der Waals surface area (Å²) in [5, 5.41) is 13.7. The smallest absolute Gasteiger partial charge is 0.229 e. The fourth-order valence-corrected chi connectivity index (χ4v) is 3.53. The maximum atomic E-state index is 13.5. The molecule has 2 aromatic carbocycles. The summed E-state index contributed by atoms with van der Waals surface area (Å²) in [5.74, 6) is 0.925. The summed E-state index contributed by atoms with van der Waals surface area (Å²) >= 11 is 0. The molecule has 0 aliphatic carbocycles. The Morgan fingerprint density at radius 3 is 2.50 bits per heavy atom. The first-order chi connectivity index (χ1) is 15.3. The van der Waals surface area contributed by atoms with Crippen molar-refractivity contribution in [3.05, 3.63) is 71.9 Å². The first-order valence-electron chi connectivity index (χ1n) is 10.7. The lowest BCUT2D eigenvalue weighted by Gasteiger charge is -2.27. The molecular weight excluding hydrogens is 407 g/mol. The molecule has 6 nitrogen and oxygen atoms in total. The van der Waals surface area contributed by atoms with E-state index in [2.05, 4.69) is 5.32 Å². The van der Waals surface area contributed by atoms with Gasteiger partial charge < -0.3 is 15.3 Å². The topological polar surface area (TPSA) is 70.4 Å². The highest BCUT2D eigenvalue weighted by Gasteiger charge is 2.28. The number of anilines is 2. The molecule has 0 spiro atoms. The number of benzene rings is 2. The molecule has 1 aromatic heterocycles. The van der Waals surface area contributed by atoms with E-state index in [1.54, 1.807) is 36.4 Å². The molecule has 2 heterocycles. The van der Waals surface area contributed by atoms with E-state index in [0.717, 1.165) is 22.6 Å². The van der Waals surface area contributed by atoms with Crippen LogP contribution in [0.1, 0.15) is 38.1 Å². The van der Waals surface area contributed by atoms with E-state index in [-0.39, 0.29) is 24.7 Å². The zero-order chi connectivity index (χ0) is 22.9. The van der Waals surface area contributed by atoms with Gasteiger partial charge in [-0.25, -0.2) is 9.37 Å². The van der Waals surface area contributed by atoms with Crippen LogP contribution in [0.2, 0.25) is 0 Å². The van der Waals surface area contributed by atoms with Crippen LogP contribution in [0.25, 0.3) is 17.5 Å². The van der Waals surface area contributed by atoms with Crippen molar-refractivity contribution in [2.45, 2.75) is 45.8 Å². The Bertz CT molecular complexity index is 1150. The molecule has 0 radical (unpaired) electrons. The lowest BCUT2D eigenvalue weighted by atomic mass is 9.98. The van der Waals surface area contributed by atoms with Gasteiger partial charge in [-0.05, 0) is 56.7 Å². The Morgan fingerprint density at radius 1 is 1.16 bits per heavy atom. The molecule has 0 fully saturated rings. The van der Waals surface area contributed by atoms with Gasteiger partial charge in [0.05, 0.1) is 18.6 Å². The van der Waals surface area contributed by atoms with E-state index in [9.17, 15) is 14.3 Å². The van der Waals surface area contributed by atoms with Crippen molar-refractivity contribution in [1.82, 2.24) is 14.5 Å². The molecule has 1 amide bonds. The molecule has 32 heavy (non-hydrogen) atoms. The number of aliphatic hydroxyl groups is 1. The number of carbonyl (C=O) groups excluding carboxylic acids is 1. The Morgan fingerprint density at radius 2 is 1.84 bits per heavy atom. The number of halogens is 1. The van der Waals surface area contributed by atoms with Crippen molar-refractivity contribution >= 4 is 23.6 Å². The van der Waals surface area contributed by atoms with E-state index in [0.29, 0.717) is 17.9 Å². The Balaban J connectivity index is 1.69. The second-order valence-electron chi connectivity index (χ2n) is 8.44. The molecule has 4 rings (SSSR count). The molecule has 7 heteroatoms. The standard InChI is InChI=1S/C25H27FN4O2/c1-4-25(3,32)15-22(31)29-13-14-30-21(16-29)28-23(18-7-9-19(26)10-8-18)24(30)27-20-11-5-17(2)6-12-20/h5-14,27,32H,4,15-16H2,1-3H3. The number of hydrogen-bond acceptors (Lipinski definition) is 4. The van der Waals surface area contributed by atoms with Crippen LogP contribution in [0.3, 0.4) is 0 Å². The number of imidazole rings is 1. The molecule has 3 aromatic rings. The van der Waals surface area contributed by atoms with Crippen molar-refractivity contribution in [3.8, 4) is 11.3 Å². The summed E-state index contributed by atoms with van der Waals surface area (Å²) in [4.78, 5) is 19.1. The molecule has 1 atom stereocenters. The lowest BCUT2D eigenvalue weighted by molar-refractivity contribution is -0.134. The van der Waals surface area contributed by atoms with Crippen LogP contribution in [0.15, 0.2) is 54.7 Å².